The predicted molar refractivity (Wildman–Crippen MR) is 90.9 cm³/mol. The summed E-state index contributed by atoms with van der Waals surface area (Å²) in [6, 6.07) is 13.2. The molecule has 2 aromatic heterocycles. The summed E-state index contributed by atoms with van der Waals surface area (Å²) < 4.78 is 6.74. The van der Waals surface area contributed by atoms with Crippen LogP contribution in [0.15, 0.2) is 54.0 Å². The zero-order valence-electron chi connectivity index (χ0n) is 12.9. The monoisotopic (exact) mass is 341 g/mol. The van der Waals surface area contributed by atoms with E-state index in [2.05, 4.69) is 5.10 Å². The molecule has 0 bridgehead atoms. The van der Waals surface area contributed by atoms with Gasteiger partial charge in [-0.3, -0.25) is 4.79 Å². The molecule has 2 heterocycles. The van der Waals surface area contributed by atoms with Gasteiger partial charge in [0.1, 0.15) is 11.3 Å². The summed E-state index contributed by atoms with van der Waals surface area (Å²) in [5.41, 5.74) is 6.77. The Morgan fingerprint density at radius 2 is 1.96 bits per heavy atom. The SMILES string of the molecule is C[C@@H](OC(=O)c1cn(-c2ccccc2)nc1-c1cccs1)C(N)=O. The summed E-state index contributed by atoms with van der Waals surface area (Å²) in [4.78, 5) is 24.4. The highest BCUT2D eigenvalue weighted by atomic mass is 32.1. The molecule has 0 aliphatic carbocycles. The molecule has 0 saturated heterocycles. The van der Waals surface area contributed by atoms with Gasteiger partial charge in [0.2, 0.25) is 0 Å². The molecule has 1 aromatic carbocycles. The van der Waals surface area contributed by atoms with Crippen molar-refractivity contribution < 1.29 is 14.3 Å². The van der Waals surface area contributed by atoms with Gasteiger partial charge in [0, 0.05) is 6.20 Å². The predicted octanol–water partition coefficient (Wildman–Crippen LogP) is 2.63. The Balaban J connectivity index is 2.02. The Labute approximate surface area is 142 Å². The molecule has 0 spiro atoms. The van der Waals surface area contributed by atoms with Gasteiger partial charge in [0.15, 0.2) is 6.10 Å². The molecule has 2 N–H and O–H groups in total. The molecule has 0 aliphatic heterocycles. The fraction of sp³-hybridized carbons (Fsp3) is 0.118. The lowest BCUT2D eigenvalue weighted by Crippen LogP contribution is -2.30. The van der Waals surface area contributed by atoms with E-state index in [1.807, 2.05) is 47.8 Å². The van der Waals surface area contributed by atoms with Crippen LogP contribution in [0.3, 0.4) is 0 Å². The summed E-state index contributed by atoms with van der Waals surface area (Å²) in [5.74, 6) is -1.33. The maximum Gasteiger partial charge on any atom is 0.342 e. The lowest BCUT2D eigenvalue weighted by atomic mass is 10.2. The number of esters is 1. The molecule has 6 nitrogen and oxygen atoms in total. The Kier molecular flexibility index (Phi) is 4.43. The van der Waals surface area contributed by atoms with Crippen LogP contribution in [0.5, 0.6) is 0 Å². The molecule has 0 aliphatic rings. The standard InChI is InChI=1S/C17H15N3O3S/c1-11(16(18)21)23-17(22)13-10-20(12-6-3-2-4-7-12)19-15(13)14-8-5-9-24-14/h2-11H,1H3,(H2,18,21)/t11-/m1/s1. The highest BCUT2D eigenvalue weighted by Crippen LogP contribution is 2.28. The molecule has 1 amide bonds. The first-order chi connectivity index (χ1) is 11.6. The van der Waals surface area contributed by atoms with E-state index in [9.17, 15) is 9.59 Å². The summed E-state index contributed by atoms with van der Waals surface area (Å²) >= 11 is 1.47. The van der Waals surface area contributed by atoms with Gasteiger partial charge in [-0.1, -0.05) is 24.3 Å². The highest BCUT2D eigenvalue weighted by molar-refractivity contribution is 7.13. The molecule has 1 atom stereocenters. The molecule has 3 aromatic rings. The van der Waals surface area contributed by atoms with Crippen molar-refractivity contribution in [2.45, 2.75) is 13.0 Å². The number of benzene rings is 1. The molecule has 0 radical (unpaired) electrons. The van der Waals surface area contributed by atoms with Crippen molar-refractivity contribution >= 4 is 23.2 Å². The second kappa shape index (κ2) is 6.67. The molecule has 122 valence electrons. The number of amides is 1. The number of rotatable bonds is 5. The first-order valence-corrected chi connectivity index (χ1v) is 8.13. The number of primary amides is 1. The molecule has 3 rings (SSSR count). The average molecular weight is 341 g/mol. The number of para-hydroxylation sites is 1. The Hall–Kier alpha value is -2.93. The number of hydrogen-bond acceptors (Lipinski definition) is 5. The average Bonchev–Trinajstić information content (AvgIpc) is 3.24. The Bertz CT molecular complexity index is 857. The summed E-state index contributed by atoms with van der Waals surface area (Å²) in [6.07, 6.45) is 0.592. The van der Waals surface area contributed by atoms with Crippen LogP contribution in [0.25, 0.3) is 16.3 Å². The van der Waals surface area contributed by atoms with Gasteiger partial charge in [-0.2, -0.15) is 5.10 Å². The molecule has 0 fully saturated rings. The highest BCUT2D eigenvalue weighted by Gasteiger charge is 2.23. The maximum absolute atomic E-state index is 12.4. The normalized spacial score (nSPS) is 11.9. The van der Waals surface area contributed by atoms with Crippen molar-refractivity contribution in [3.63, 3.8) is 0 Å². The lowest BCUT2D eigenvalue weighted by molar-refractivity contribution is -0.125. The van der Waals surface area contributed by atoms with E-state index in [-0.39, 0.29) is 5.56 Å². The third-order valence-corrected chi connectivity index (χ3v) is 4.27. The minimum absolute atomic E-state index is 0.286. The number of nitrogens with zero attached hydrogens (tertiary/aromatic N) is 2. The van der Waals surface area contributed by atoms with Crippen molar-refractivity contribution in [2.24, 2.45) is 5.73 Å². The largest absolute Gasteiger partial charge is 0.449 e. The van der Waals surface area contributed by atoms with E-state index >= 15 is 0 Å². The quantitative estimate of drug-likeness (QED) is 0.723. The van der Waals surface area contributed by atoms with Crippen molar-refractivity contribution in [1.29, 1.82) is 0 Å². The van der Waals surface area contributed by atoms with Crippen LogP contribution >= 0.6 is 11.3 Å². The zero-order valence-corrected chi connectivity index (χ0v) is 13.7. The van der Waals surface area contributed by atoms with Crippen LogP contribution in [0, 0.1) is 0 Å². The number of aromatic nitrogens is 2. The van der Waals surface area contributed by atoms with E-state index in [1.165, 1.54) is 18.3 Å². The van der Waals surface area contributed by atoms with Crippen molar-refractivity contribution in [3.05, 3.63) is 59.6 Å². The number of nitrogens with two attached hydrogens (primary N) is 1. The second-order valence-corrected chi connectivity index (χ2v) is 6.05. The van der Waals surface area contributed by atoms with Crippen LogP contribution in [-0.2, 0) is 9.53 Å². The molecule has 0 unspecified atom stereocenters. The number of carbonyl (C=O) groups excluding carboxylic acids is 2. The second-order valence-electron chi connectivity index (χ2n) is 5.10. The number of ether oxygens (including phenoxy) is 1. The van der Waals surface area contributed by atoms with E-state index < -0.39 is 18.0 Å². The van der Waals surface area contributed by atoms with Gasteiger partial charge >= 0.3 is 5.97 Å². The number of thiophene rings is 1. The van der Waals surface area contributed by atoms with Gasteiger partial charge < -0.3 is 10.5 Å². The Morgan fingerprint density at radius 3 is 2.58 bits per heavy atom. The minimum Gasteiger partial charge on any atom is -0.449 e. The molecule has 7 heteroatoms. The fourth-order valence-electron chi connectivity index (χ4n) is 2.11. The third-order valence-electron chi connectivity index (χ3n) is 3.39. The first-order valence-electron chi connectivity index (χ1n) is 7.25. The zero-order chi connectivity index (χ0) is 17.1. The maximum atomic E-state index is 12.4. The lowest BCUT2D eigenvalue weighted by Gasteiger charge is -2.08. The van der Waals surface area contributed by atoms with Gasteiger partial charge in [0.25, 0.3) is 5.91 Å². The summed E-state index contributed by atoms with van der Waals surface area (Å²) in [5, 5.41) is 6.41. The molecular formula is C17H15N3O3S. The summed E-state index contributed by atoms with van der Waals surface area (Å²) in [7, 11) is 0. The minimum atomic E-state index is -1.01. The number of carbonyl (C=O) groups is 2. The fourth-order valence-corrected chi connectivity index (χ4v) is 2.84. The smallest absolute Gasteiger partial charge is 0.342 e. The van der Waals surface area contributed by atoms with E-state index in [0.717, 1.165) is 10.6 Å². The Morgan fingerprint density at radius 1 is 1.21 bits per heavy atom. The first kappa shape index (κ1) is 15.9. The van der Waals surface area contributed by atoms with E-state index in [4.69, 9.17) is 10.5 Å². The third kappa shape index (κ3) is 3.21. The molecule has 0 saturated carbocycles. The van der Waals surface area contributed by atoms with Crippen molar-refractivity contribution in [2.75, 3.05) is 0 Å². The van der Waals surface area contributed by atoms with Crippen LogP contribution < -0.4 is 5.73 Å². The summed E-state index contributed by atoms with van der Waals surface area (Å²) in [6.45, 7) is 1.44. The van der Waals surface area contributed by atoms with Gasteiger partial charge in [0.05, 0.1) is 10.6 Å². The molecule has 24 heavy (non-hydrogen) atoms. The van der Waals surface area contributed by atoms with Crippen LogP contribution in [0.4, 0.5) is 0 Å². The van der Waals surface area contributed by atoms with E-state index in [0.29, 0.717) is 5.69 Å². The van der Waals surface area contributed by atoms with Crippen LogP contribution in [-0.4, -0.2) is 27.8 Å². The van der Waals surface area contributed by atoms with Crippen molar-refractivity contribution in [1.82, 2.24) is 9.78 Å². The van der Waals surface area contributed by atoms with E-state index in [1.54, 1.807) is 10.9 Å². The van der Waals surface area contributed by atoms with Gasteiger partial charge in [-0.25, -0.2) is 9.48 Å². The van der Waals surface area contributed by atoms with Crippen LogP contribution in [0.2, 0.25) is 0 Å². The van der Waals surface area contributed by atoms with Crippen LogP contribution in [0.1, 0.15) is 17.3 Å². The number of hydrogen-bond donors (Lipinski definition) is 1. The molecular weight excluding hydrogens is 326 g/mol. The van der Waals surface area contributed by atoms with Gasteiger partial charge in [-0.15, -0.1) is 11.3 Å². The van der Waals surface area contributed by atoms with Gasteiger partial charge in [-0.05, 0) is 30.5 Å². The topological polar surface area (TPSA) is 87.2 Å². The van der Waals surface area contributed by atoms with Crippen molar-refractivity contribution in [3.8, 4) is 16.3 Å².